The summed E-state index contributed by atoms with van der Waals surface area (Å²) < 4.78 is 13.4. The van der Waals surface area contributed by atoms with E-state index in [-0.39, 0.29) is 0 Å². The average Bonchev–Trinajstić information content (AvgIpc) is 2.98. The van der Waals surface area contributed by atoms with Crippen molar-refractivity contribution in [1.29, 1.82) is 0 Å². The number of hydrogen-bond donors (Lipinski definition) is 0. The molecule has 0 N–H and O–H groups in total. The second kappa shape index (κ2) is 7.39. The average molecular weight is 324 g/mol. The molecule has 126 valence electrons. The molecule has 0 aliphatic heterocycles. The van der Waals surface area contributed by atoms with Crippen LogP contribution in [0.25, 0.3) is 11.0 Å². The van der Waals surface area contributed by atoms with Gasteiger partial charge in [0.25, 0.3) is 0 Å². The number of ether oxygens (including phenoxy) is 2. The van der Waals surface area contributed by atoms with Gasteiger partial charge in [0.15, 0.2) is 0 Å². The van der Waals surface area contributed by atoms with E-state index in [1.54, 1.807) is 7.11 Å². The molecule has 3 aromatic rings. The van der Waals surface area contributed by atoms with Crippen molar-refractivity contribution in [2.75, 3.05) is 7.11 Å². The summed E-state index contributed by atoms with van der Waals surface area (Å²) >= 11 is 0. The van der Waals surface area contributed by atoms with E-state index < -0.39 is 0 Å². The number of hydrogen-bond acceptors (Lipinski definition) is 3. The van der Waals surface area contributed by atoms with Gasteiger partial charge in [-0.2, -0.15) is 0 Å². The van der Waals surface area contributed by atoms with E-state index in [0.29, 0.717) is 12.5 Å². The van der Waals surface area contributed by atoms with Crippen LogP contribution in [-0.2, 0) is 13.2 Å². The van der Waals surface area contributed by atoms with Crippen molar-refractivity contribution >= 4 is 11.0 Å². The van der Waals surface area contributed by atoms with E-state index in [4.69, 9.17) is 14.5 Å². The molecule has 3 rings (SSSR count). The highest BCUT2D eigenvalue weighted by molar-refractivity contribution is 5.75. The third kappa shape index (κ3) is 3.53. The number of nitrogens with zero attached hydrogens (tertiary/aromatic N) is 2. The molecule has 1 atom stereocenters. The number of methoxy groups -OCH3 is 1. The topological polar surface area (TPSA) is 36.3 Å². The molecule has 1 heterocycles. The molecule has 0 spiro atoms. The fourth-order valence-electron chi connectivity index (χ4n) is 2.70. The molecule has 0 fully saturated rings. The summed E-state index contributed by atoms with van der Waals surface area (Å²) in [6, 6.07) is 15.9. The fourth-order valence-corrected chi connectivity index (χ4v) is 2.70. The number of imidazole rings is 1. The lowest BCUT2D eigenvalue weighted by atomic mass is 10.1. The molecule has 1 aromatic heterocycles. The van der Waals surface area contributed by atoms with Crippen molar-refractivity contribution in [3.05, 3.63) is 54.4 Å². The minimum Gasteiger partial charge on any atom is -0.497 e. The summed E-state index contributed by atoms with van der Waals surface area (Å²) in [5.41, 5.74) is 2.19. The maximum Gasteiger partial charge on any atom is 0.148 e. The number of para-hydroxylation sites is 2. The Hall–Kier alpha value is -2.49. The van der Waals surface area contributed by atoms with Crippen molar-refractivity contribution in [3.63, 3.8) is 0 Å². The number of fused-ring (bicyclic) bond motifs is 1. The zero-order chi connectivity index (χ0) is 16.9. The van der Waals surface area contributed by atoms with Gasteiger partial charge < -0.3 is 14.0 Å². The second-order valence-corrected chi connectivity index (χ2v) is 6.10. The molecule has 4 heteroatoms. The van der Waals surface area contributed by atoms with Gasteiger partial charge in [-0.3, -0.25) is 0 Å². The normalized spacial score (nSPS) is 12.3. The predicted molar refractivity (Wildman–Crippen MR) is 96.5 cm³/mol. The summed E-state index contributed by atoms with van der Waals surface area (Å²) in [4.78, 5) is 4.76. The predicted octanol–water partition coefficient (Wildman–Crippen LogP) is 4.67. The van der Waals surface area contributed by atoms with E-state index in [1.165, 1.54) is 5.52 Å². The Morgan fingerprint density at radius 1 is 1.04 bits per heavy atom. The molecule has 24 heavy (non-hydrogen) atoms. The highest BCUT2D eigenvalue weighted by Crippen LogP contribution is 2.22. The first kappa shape index (κ1) is 16.4. The molecule has 0 saturated heterocycles. The van der Waals surface area contributed by atoms with Crippen molar-refractivity contribution in [3.8, 4) is 11.5 Å². The minimum atomic E-state index is 0.456. The van der Waals surface area contributed by atoms with Gasteiger partial charge in [0, 0.05) is 6.54 Å². The molecular weight excluding hydrogens is 300 g/mol. The van der Waals surface area contributed by atoms with Crippen molar-refractivity contribution < 1.29 is 9.47 Å². The quantitative estimate of drug-likeness (QED) is 0.633. The lowest BCUT2D eigenvalue weighted by Crippen LogP contribution is -2.12. The van der Waals surface area contributed by atoms with Gasteiger partial charge in [-0.1, -0.05) is 32.4 Å². The van der Waals surface area contributed by atoms with E-state index in [0.717, 1.165) is 35.8 Å². The Labute approximate surface area is 143 Å². The van der Waals surface area contributed by atoms with E-state index in [2.05, 4.69) is 36.6 Å². The van der Waals surface area contributed by atoms with Crippen molar-refractivity contribution in [2.24, 2.45) is 5.92 Å². The van der Waals surface area contributed by atoms with Crippen LogP contribution < -0.4 is 9.47 Å². The SMILES string of the molecule is CC[C@H](C)Cn1c(COc2ccc(OC)cc2)nc2ccccc21. The van der Waals surface area contributed by atoms with Crippen LogP contribution in [0.15, 0.2) is 48.5 Å². The summed E-state index contributed by atoms with van der Waals surface area (Å²) in [5, 5.41) is 0. The third-order valence-corrected chi connectivity index (χ3v) is 4.35. The van der Waals surface area contributed by atoms with Crippen LogP contribution >= 0.6 is 0 Å². The van der Waals surface area contributed by atoms with Gasteiger partial charge in [-0.25, -0.2) is 4.98 Å². The van der Waals surface area contributed by atoms with Crippen molar-refractivity contribution in [2.45, 2.75) is 33.4 Å². The third-order valence-electron chi connectivity index (χ3n) is 4.35. The van der Waals surface area contributed by atoms with Gasteiger partial charge >= 0.3 is 0 Å². The molecule has 0 amide bonds. The number of benzene rings is 2. The van der Waals surface area contributed by atoms with Crippen LogP contribution in [0.1, 0.15) is 26.1 Å². The summed E-state index contributed by atoms with van der Waals surface area (Å²) in [6.07, 6.45) is 1.14. The number of rotatable bonds is 7. The van der Waals surface area contributed by atoms with Crippen LogP contribution in [0.4, 0.5) is 0 Å². The van der Waals surface area contributed by atoms with Crippen LogP contribution in [0.3, 0.4) is 0 Å². The highest BCUT2D eigenvalue weighted by Gasteiger charge is 2.13. The van der Waals surface area contributed by atoms with Gasteiger partial charge in [-0.15, -0.1) is 0 Å². The van der Waals surface area contributed by atoms with E-state index >= 15 is 0 Å². The molecule has 2 aromatic carbocycles. The fraction of sp³-hybridized carbons (Fsp3) is 0.350. The van der Waals surface area contributed by atoms with E-state index in [9.17, 15) is 0 Å². The summed E-state index contributed by atoms with van der Waals surface area (Å²) in [7, 11) is 1.66. The van der Waals surface area contributed by atoms with Crippen LogP contribution in [0.2, 0.25) is 0 Å². The first-order valence-electron chi connectivity index (χ1n) is 8.42. The Balaban J connectivity index is 1.83. The smallest absolute Gasteiger partial charge is 0.148 e. The second-order valence-electron chi connectivity index (χ2n) is 6.10. The van der Waals surface area contributed by atoms with Crippen LogP contribution in [-0.4, -0.2) is 16.7 Å². The lowest BCUT2D eigenvalue weighted by molar-refractivity contribution is 0.286. The first-order valence-corrected chi connectivity index (χ1v) is 8.42. The first-order chi connectivity index (χ1) is 11.7. The van der Waals surface area contributed by atoms with Crippen LogP contribution in [0.5, 0.6) is 11.5 Å². The summed E-state index contributed by atoms with van der Waals surface area (Å²) in [5.74, 6) is 3.21. The zero-order valence-corrected chi connectivity index (χ0v) is 14.5. The maximum atomic E-state index is 5.94. The Morgan fingerprint density at radius 2 is 1.75 bits per heavy atom. The van der Waals surface area contributed by atoms with Crippen molar-refractivity contribution in [1.82, 2.24) is 9.55 Å². The van der Waals surface area contributed by atoms with Crippen LogP contribution in [0, 0.1) is 5.92 Å². The Kier molecular flexibility index (Phi) is 5.04. The number of aromatic nitrogens is 2. The minimum absolute atomic E-state index is 0.456. The zero-order valence-electron chi connectivity index (χ0n) is 14.5. The lowest BCUT2D eigenvalue weighted by Gasteiger charge is -2.14. The van der Waals surface area contributed by atoms with Gasteiger partial charge in [0.2, 0.25) is 0 Å². The van der Waals surface area contributed by atoms with Gasteiger partial charge in [0.05, 0.1) is 18.1 Å². The largest absolute Gasteiger partial charge is 0.497 e. The Morgan fingerprint density at radius 3 is 2.46 bits per heavy atom. The summed E-state index contributed by atoms with van der Waals surface area (Å²) in [6.45, 7) is 5.90. The Bertz CT molecular complexity index is 793. The molecule has 0 aliphatic carbocycles. The van der Waals surface area contributed by atoms with Gasteiger partial charge in [-0.05, 0) is 42.3 Å². The molecule has 0 bridgehead atoms. The molecule has 0 saturated carbocycles. The molecular formula is C20H24N2O2. The van der Waals surface area contributed by atoms with E-state index in [1.807, 2.05) is 30.3 Å². The molecule has 0 radical (unpaired) electrons. The maximum absolute atomic E-state index is 5.94. The standard InChI is InChI=1S/C20H24N2O2/c1-4-15(2)13-22-19-8-6-5-7-18(19)21-20(22)14-24-17-11-9-16(23-3)10-12-17/h5-12,15H,4,13-14H2,1-3H3/t15-/m0/s1. The highest BCUT2D eigenvalue weighted by atomic mass is 16.5. The molecule has 0 unspecified atom stereocenters. The molecule has 4 nitrogen and oxygen atoms in total. The monoisotopic (exact) mass is 324 g/mol. The van der Waals surface area contributed by atoms with Gasteiger partial charge in [0.1, 0.15) is 23.9 Å². The molecule has 0 aliphatic rings.